The first-order chi connectivity index (χ1) is 6.43. The number of rotatable bonds is 2. The van der Waals surface area contributed by atoms with Gasteiger partial charge in [0.1, 0.15) is 0 Å². The van der Waals surface area contributed by atoms with Crippen molar-refractivity contribution in [2.45, 2.75) is 26.2 Å². The fourth-order valence-electron chi connectivity index (χ4n) is 1.01. The Morgan fingerprint density at radius 1 is 1.54 bits per heavy atom. The summed E-state index contributed by atoms with van der Waals surface area (Å²) in [6.07, 6.45) is 14.0. The number of allylic oxidation sites excluding steroid dienone is 5. The lowest BCUT2D eigenvalue weighted by atomic mass is 10.1. The van der Waals surface area contributed by atoms with E-state index in [9.17, 15) is 0 Å². The molecule has 0 saturated carbocycles. The van der Waals surface area contributed by atoms with Gasteiger partial charge in [-0.05, 0) is 30.6 Å². The summed E-state index contributed by atoms with van der Waals surface area (Å²) >= 11 is 0. The van der Waals surface area contributed by atoms with Crippen LogP contribution in [0.1, 0.15) is 26.2 Å². The first-order valence-corrected chi connectivity index (χ1v) is 4.70. The molecule has 0 heterocycles. The topological polar surface area (TPSA) is 0 Å². The van der Waals surface area contributed by atoms with Crippen molar-refractivity contribution in [3.05, 3.63) is 54.8 Å². The van der Waals surface area contributed by atoms with Gasteiger partial charge in [0.05, 0.1) is 0 Å². The molecule has 0 aromatic rings. The second-order valence-corrected chi connectivity index (χ2v) is 2.68. The van der Waals surface area contributed by atoms with Gasteiger partial charge in [0.2, 0.25) is 0 Å². The lowest BCUT2D eigenvalue weighted by molar-refractivity contribution is 0.948. The highest BCUT2D eigenvalue weighted by molar-refractivity contribution is 5.25. The highest BCUT2D eigenvalue weighted by Gasteiger charge is 1.89. The molecule has 1 rings (SSSR count). The minimum Gasteiger partial charge on any atom is -0.121 e. The van der Waals surface area contributed by atoms with Crippen molar-refractivity contribution in [1.82, 2.24) is 0 Å². The molecular formula is C13H18. The Morgan fingerprint density at radius 3 is 3.00 bits per heavy atom. The predicted octanol–water partition coefficient (Wildman–Crippen LogP) is 4.19. The maximum Gasteiger partial charge on any atom is -0.00911 e. The summed E-state index contributed by atoms with van der Waals surface area (Å²) < 4.78 is 0. The maximum atomic E-state index is 3.10. The van der Waals surface area contributed by atoms with Crippen molar-refractivity contribution >= 4 is 0 Å². The normalized spacial score (nSPS) is 16.5. The molecule has 0 heteroatoms. The van der Waals surface area contributed by atoms with Gasteiger partial charge < -0.3 is 0 Å². The summed E-state index contributed by atoms with van der Waals surface area (Å²) in [6.45, 7) is 8.20. The zero-order valence-electron chi connectivity index (χ0n) is 8.42. The zero-order valence-corrected chi connectivity index (χ0v) is 8.42. The third kappa shape index (κ3) is 5.95. The standard InChI is InChI=1S/C11H14.C2H4/c1-2-3-8-11-9-6-4-5-7-10-11;1-2/h4-6,8,10H,2-3,9H2,1H3;1-2H2/b11-8+;. The number of unbranched alkanes of at least 4 members (excludes halogenated alkanes) is 1. The van der Waals surface area contributed by atoms with Crippen LogP contribution in [-0.4, -0.2) is 0 Å². The highest BCUT2D eigenvalue weighted by Crippen LogP contribution is 2.08. The molecule has 0 saturated heterocycles. The van der Waals surface area contributed by atoms with Crippen molar-refractivity contribution in [3.8, 4) is 0 Å². The summed E-state index contributed by atoms with van der Waals surface area (Å²) in [5.74, 6) is 0. The van der Waals surface area contributed by atoms with Crippen LogP contribution in [0.15, 0.2) is 54.8 Å². The molecule has 0 aromatic heterocycles. The van der Waals surface area contributed by atoms with Crippen LogP contribution in [0.25, 0.3) is 0 Å². The minimum absolute atomic E-state index is 1.06. The Kier molecular flexibility index (Phi) is 7.98. The molecule has 0 aromatic carbocycles. The summed E-state index contributed by atoms with van der Waals surface area (Å²) in [7, 11) is 0. The van der Waals surface area contributed by atoms with E-state index in [2.05, 4.69) is 44.0 Å². The molecule has 1 aliphatic rings. The largest absolute Gasteiger partial charge is 0.121 e. The SMILES string of the molecule is C=C.CCC/C=C1/C=C=CC=CC1. The van der Waals surface area contributed by atoms with Crippen LogP contribution in [0.4, 0.5) is 0 Å². The monoisotopic (exact) mass is 174 g/mol. The van der Waals surface area contributed by atoms with E-state index >= 15 is 0 Å². The second kappa shape index (κ2) is 8.83. The quantitative estimate of drug-likeness (QED) is 0.435. The third-order valence-corrected chi connectivity index (χ3v) is 1.65. The Hall–Kier alpha value is -1.26. The highest BCUT2D eigenvalue weighted by atomic mass is 13.9. The smallest absolute Gasteiger partial charge is 0.00911 e. The average molecular weight is 174 g/mol. The zero-order chi connectivity index (χ0) is 9.94. The van der Waals surface area contributed by atoms with Crippen LogP contribution in [0.2, 0.25) is 0 Å². The van der Waals surface area contributed by atoms with Gasteiger partial charge in [-0.2, -0.15) is 0 Å². The minimum atomic E-state index is 1.06. The molecule has 0 amide bonds. The molecule has 0 radical (unpaired) electrons. The van der Waals surface area contributed by atoms with Crippen molar-refractivity contribution in [3.63, 3.8) is 0 Å². The van der Waals surface area contributed by atoms with E-state index in [1.807, 2.05) is 12.2 Å². The van der Waals surface area contributed by atoms with Crippen LogP contribution in [0.5, 0.6) is 0 Å². The van der Waals surface area contributed by atoms with Gasteiger partial charge in [0.15, 0.2) is 0 Å². The van der Waals surface area contributed by atoms with Gasteiger partial charge in [-0.3, -0.25) is 0 Å². The van der Waals surface area contributed by atoms with E-state index in [4.69, 9.17) is 0 Å². The molecular weight excluding hydrogens is 156 g/mol. The molecule has 0 spiro atoms. The lowest BCUT2D eigenvalue weighted by Gasteiger charge is -1.93. The maximum absolute atomic E-state index is 3.10. The van der Waals surface area contributed by atoms with Gasteiger partial charge in [-0.1, -0.05) is 31.6 Å². The molecule has 0 nitrogen and oxygen atoms in total. The summed E-state index contributed by atoms with van der Waals surface area (Å²) in [5, 5.41) is 0. The van der Waals surface area contributed by atoms with Crippen LogP contribution < -0.4 is 0 Å². The molecule has 0 N–H and O–H groups in total. The van der Waals surface area contributed by atoms with E-state index < -0.39 is 0 Å². The first-order valence-electron chi connectivity index (χ1n) is 4.70. The lowest BCUT2D eigenvalue weighted by Crippen LogP contribution is -1.74. The average Bonchev–Trinajstić information content (AvgIpc) is 2.46. The van der Waals surface area contributed by atoms with Crippen LogP contribution >= 0.6 is 0 Å². The van der Waals surface area contributed by atoms with E-state index in [1.165, 1.54) is 18.4 Å². The third-order valence-electron chi connectivity index (χ3n) is 1.65. The van der Waals surface area contributed by atoms with E-state index in [0.717, 1.165) is 6.42 Å². The van der Waals surface area contributed by atoms with Crippen LogP contribution in [-0.2, 0) is 0 Å². The Labute approximate surface area is 81.7 Å². The van der Waals surface area contributed by atoms with Crippen molar-refractivity contribution < 1.29 is 0 Å². The van der Waals surface area contributed by atoms with Gasteiger partial charge in [-0.15, -0.1) is 18.9 Å². The van der Waals surface area contributed by atoms with Crippen molar-refractivity contribution in [1.29, 1.82) is 0 Å². The molecule has 70 valence electrons. The Morgan fingerprint density at radius 2 is 2.31 bits per heavy atom. The molecule has 0 atom stereocenters. The second-order valence-electron chi connectivity index (χ2n) is 2.68. The molecule has 0 bridgehead atoms. The van der Waals surface area contributed by atoms with Gasteiger partial charge >= 0.3 is 0 Å². The summed E-state index contributed by atoms with van der Waals surface area (Å²) in [4.78, 5) is 0. The summed E-state index contributed by atoms with van der Waals surface area (Å²) in [6, 6.07) is 0. The fourth-order valence-corrected chi connectivity index (χ4v) is 1.01. The number of hydrogen-bond acceptors (Lipinski definition) is 0. The van der Waals surface area contributed by atoms with E-state index in [-0.39, 0.29) is 0 Å². The van der Waals surface area contributed by atoms with Crippen LogP contribution in [0.3, 0.4) is 0 Å². The Bertz CT molecular complexity index is 235. The Balaban J connectivity index is 0.000000671. The molecule has 0 fully saturated rings. The van der Waals surface area contributed by atoms with Gasteiger partial charge in [-0.25, -0.2) is 0 Å². The van der Waals surface area contributed by atoms with Gasteiger partial charge in [0.25, 0.3) is 0 Å². The summed E-state index contributed by atoms with van der Waals surface area (Å²) in [5.41, 5.74) is 4.49. The van der Waals surface area contributed by atoms with Gasteiger partial charge in [0, 0.05) is 0 Å². The van der Waals surface area contributed by atoms with Crippen molar-refractivity contribution in [2.24, 2.45) is 0 Å². The van der Waals surface area contributed by atoms with E-state index in [1.54, 1.807) is 0 Å². The fraction of sp³-hybridized carbons (Fsp3) is 0.308. The molecule has 1 aliphatic carbocycles. The van der Waals surface area contributed by atoms with Crippen LogP contribution in [0, 0.1) is 0 Å². The van der Waals surface area contributed by atoms with E-state index in [0.29, 0.717) is 0 Å². The molecule has 0 unspecified atom stereocenters. The first kappa shape index (κ1) is 11.7. The molecule has 13 heavy (non-hydrogen) atoms. The number of hydrogen-bond donors (Lipinski definition) is 0. The molecule has 0 aliphatic heterocycles. The predicted molar refractivity (Wildman–Crippen MR) is 60.7 cm³/mol. The van der Waals surface area contributed by atoms with Crippen molar-refractivity contribution in [2.75, 3.05) is 0 Å².